The number of hydrogen-bond acceptors (Lipinski definition) is 2. The Labute approximate surface area is 117 Å². The van der Waals surface area contributed by atoms with E-state index in [0.717, 1.165) is 13.0 Å². The van der Waals surface area contributed by atoms with Crippen LogP contribution in [0.25, 0.3) is 0 Å². The number of anilines is 1. The van der Waals surface area contributed by atoms with Crippen molar-refractivity contribution in [3.8, 4) is 0 Å². The summed E-state index contributed by atoms with van der Waals surface area (Å²) < 4.78 is 0. The second-order valence-electron chi connectivity index (χ2n) is 6.55. The molecule has 19 heavy (non-hydrogen) atoms. The van der Waals surface area contributed by atoms with Crippen molar-refractivity contribution < 1.29 is 0 Å². The average molecular weight is 258 g/mol. The first kappa shape index (κ1) is 13.0. The summed E-state index contributed by atoms with van der Waals surface area (Å²) in [4.78, 5) is 2.57. The van der Waals surface area contributed by atoms with E-state index < -0.39 is 0 Å². The van der Waals surface area contributed by atoms with E-state index in [1.807, 2.05) is 0 Å². The van der Waals surface area contributed by atoms with Gasteiger partial charge in [0.15, 0.2) is 0 Å². The molecule has 1 aliphatic carbocycles. The Kier molecular flexibility index (Phi) is 3.53. The van der Waals surface area contributed by atoms with Gasteiger partial charge in [-0.1, -0.05) is 37.5 Å². The summed E-state index contributed by atoms with van der Waals surface area (Å²) in [5, 5.41) is 0. The Hall–Kier alpha value is -1.02. The Bertz CT molecular complexity index is 435. The third-order valence-corrected chi connectivity index (χ3v) is 5.05. The summed E-state index contributed by atoms with van der Waals surface area (Å²) in [5.41, 5.74) is 9.63. The quantitative estimate of drug-likeness (QED) is 0.899. The smallest absolute Gasteiger partial charge is 0.0402 e. The molecule has 0 saturated heterocycles. The average Bonchev–Trinajstić information content (AvgIpc) is 2.73. The fourth-order valence-corrected chi connectivity index (χ4v) is 3.82. The number of rotatable bonds is 3. The summed E-state index contributed by atoms with van der Waals surface area (Å²) in [7, 11) is 0. The van der Waals surface area contributed by atoms with Gasteiger partial charge in [0.05, 0.1) is 0 Å². The molecule has 1 aromatic rings. The molecule has 104 valence electrons. The van der Waals surface area contributed by atoms with Crippen molar-refractivity contribution in [2.75, 3.05) is 11.4 Å². The maximum atomic E-state index is 6.58. The lowest BCUT2D eigenvalue weighted by Gasteiger charge is -2.36. The van der Waals surface area contributed by atoms with Crippen LogP contribution in [-0.2, 0) is 6.42 Å². The van der Waals surface area contributed by atoms with Crippen LogP contribution in [0.4, 0.5) is 5.69 Å². The van der Waals surface area contributed by atoms with Gasteiger partial charge in [0.2, 0.25) is 0 Å². The zero-order chi connectivity index (χ0) is 13.3. The van der Waals surface area contributed by atoms with Crippen LogP contribution in [-0.4, -0.2) is 18.1 Å². The highest BCUT2D eigenvalue weighted by Crippen LogP contribution is 2.34. The Balaban J connectivity index is 1.67. The van der Waals surface area contributed by atoms with Crippen LogP contribution in [0.15, 0.2) is 24.3 Å². The van der Waals surface area contributed by atoms with E-state index in [1.165, 1.54) is 49.8 Å². The maximum Gasteiger partial charge on any atom is 0.0402 e. The van der Waals surface area contributed by atoms with Gasteiger partial charge in [-0.25, -0.2) is 0 Å². The number of nitrogens with two attached hydrogens (primary N) is 1. The molecule has 3 rings (SSSR count). The monoisotopic (exact) mass is 258 g/mol. The highest BCUT2D eigenvalue weighted by atomic mass is 15.2. The van der Waals surface area contributed by atoms with Crippen molar-refractivity contribution >= 4 is 5.69 Å². The van der Waals surface area contributed by atoms with Crippen LogP contribution < -0.4 is 10.6 Å². The molecule has 0 amide bonds. The molecule has 2 N–H and O–H groups in total. The summed E-state index contributed by atoms with van der Waals surface area (Å²) in [6, 6.07) is 9.47. The van der Waals surface area contributed by atoms with Gasteiger partial charge in [0.25, 0.3) is 0 Å². The highest BCUT2D eigenvalue weighted by Gasteiger charge is 2.31. The third-order valence-electron chi connectivity index (χ3n) is 5.05. The first-order valence-electron chi connectivity index (χ1n) is 7.81. The van der Waals surface area contributed by atoms with Crippen molar-refractivity contribution in [2.24, 2.45) is 5.73 Å². The second-order valence-corrected chi connectivity index (χ2v) is 6.55. The van der Waals surface area contributed by atoms with Gasteiger partial charge in [-0.05, 0) is 44.2 Å². The van der Waals surface area contributed by atoms with Crippen molar-refractivity contribution in [3.05, 3.63) is 29.8 Å². The number of para-hydroxylation sites is 1. The molecule has 1 heterocycles. The van der Waals surface area contributed by atoms with Crippen LogP contribution in [0.2, 0.25) is 0 Å². The summed E-state index contributed by atoms with van der Waals surface area (Å²) in [6.07, 6.45) is 8.79. The maximum absolute atomic E-state index is 6.58. The van der Waals surface area contributed by atoms with Crippen LogP contribution in [0.1, 0.15) is 51.0 Å². The Morgan fingerprint density at radius 2 is 1.95 bits per heavy atom. The van der Waals surface area contributed by atoms with Gasteiger partial charge >= 0.3 is 0 Å². The largest absolute Gasteiger partial charge is 0.368 e. The predicted octanol–water partition coefficient (Wildman–Crippen LogP) is 3.49. The zero-order valence-electron chi connectivity index (χ0n) is 12.1. The van der Waals surface area contributed by atoms with Crippen molar-refractivity contribution in [1.82, 2.24) is 0 Å². The number of benzene rings is 1. The van der Waals surface area contributed by atoms with E-state index in [-0.39, 0.29) is 5.54 Å². The van der Waals surface area contributed by atoms with Gasteiger partial charge in [0.1, 0.15) is 0 Å². The molecule has 2 nitrogen and oxygen atoms in total. The molecule has 0 aromatic heterocycles. The molecule has 1 aliphatic heterocycles. The zero-order valence-corrected chi connectivity index (χ0v) is 12.1. The third kappa shape index (κ3) is 2.64. The van der Waals surface area contributed by atoms with Crippen molar-refractivity contribution in [2.45, 2.75) is 63.5 Å². The van der Waals surface area contributed by atoms with E-state index in [0.29, 0.717) is 6.04 Å². The van der Waals surface area contributed by atoms with Crippen molar-refractivity contribution in [3.63, 3.8) is 0 Å². The molecular formula is C17H26N2. The number of hydrogen-bond donors (Lipinski definition) is 1. The standard InChI is InChI=1S/C17H26N2/c1-14-13-15-7-3-4-8-16(15)19(14)12-11-17(18)9-5-2-6-10-17/h3-4,7-8,14H,2,5-6,9-13,18H2,1H3. The summed E-state index contributed by atoms with van der Waals surface area (Å²) in [6.45, 7) is 3.46. The van der Waals surface area contributed by atoms with Crippen molar-refractivity contribution in [1.29, 1.82) is 0 Å². The topological polar surface area (TPSA) is 29.3 Å². The second kappa shape index (κ2) is 5.16. The van der Waals surface area contributed by atoms with Gasteiger partial charge in [-0.2, -0.15) is 0 Å². The van der Waals surface area contributed by atoms with E-state index in [1.54, 1.807) is 0 Å². The van der Waals surface area contributed by atoms with E-state index in [4.69, 9.17) is 5.73 Å². The van der Waals surface area contributed by atoms with Gasteiger partial charge < -0.3 is 10.6 Å². The van der Waals surface area contributed by atoms with Crippen LogP contribution in [0.3, 0.4) is 0 Å². The molecule has 1 saturated carbocycles. The number of fused-ring (bicyclic) bond motifs is 1. The molecule has 1 unspecified atom stereocenters. The minimum Gasteiger partial charge on any atom is -0.368 e. The number of nitrogens with zero attached hydrogens (tertiary/aromatic N) is 1. The van der Waals surface area contributed by atoms with E-state index in [9.17, 15) is 0 Å². The molecule has 0 radical (unpaired) electrons. The van der Waals surface area contributed by atoms with E-state index >= 15 is 0 Å². The van der Waals surface area contributed by atoms with Gasteiger partial charge in [-0.3, -0.25) is 0 Å². The fraction of sp³-hybridized carbons (Fsp3) is 0.647. The summed E-state index contributed by atoms with van der Waals surface area (Å²) in [5.74, 6) is 0. The molecule has 0 bridgehead atoms. The molecule has 2 aliphatic rings. The highest BCUT2D eigenvalue weighted by molar-refractivity contribution is 5.59. The lowest BCUT2D eigenvalue weighted by Crippen LogP contribution is -2.45. The molecule has 1 aromatic carbocycles. The Morgan fingerprint density at radius 3 is 2.74 bits per heavy atom. The minimum absolute atomic E-state index is 0.107. The molecule has 2 heteroatoms. The molecular weight excluding hydrogens is 232 g/mol. The minimum atomic E-state index is 0.107. The van der Waals surface area contributed by atoms with E-state index in [2.05, 4.69) is 36.1 Å². The molecule has 1 atom stereocenters. The normalized spacial score (nSPS) is 25.4. The van der Waals surface area contributed by atoms with Gasteiger partial charge in [-0.15, -0.1) is 0 Å². The Morgan fingerprint density at radius 1 is 1.21 bits per heavy atom. The molecule has 0 spiro atoms. The van der Waals surface area contributed by atoms with Crippen LogP contribution in [0, 0.1) is 0 Å². The summed E-state index contributed by atoms with van der Waals surface area (Å²) >= 11 is 0. The first-order valence-corrected chi connectivity index (χ1v) is 7.81. The lowest BCUT2D eigenvalue weighted by atomic mass is 9.80. The first-order chi connectivity index (χ1) is 9.18. The van der Waals surface area contributed by atoms with Crippen LogP contribution >= 0.6 is 0 Å². The predicted molar refractivity (Wildman–Crippen MR) is 81.6 cm³/mol. The SMILES string of the molecule is CC1Cc2ccccc2N1CCC1(N)CCCCC1. The van der Waals surface area contributed by atoms with Crippen LogP contribution in [0.5, 0.6) is 0 Å². The fourth-order valence-electron chi connectivity index (χ4n) is 3.82. The van der Waals surface area contributed by atoms with Gasteiger partial charge in [0, 0.05) is 23.8 Å². The lowest BCUT2D eigenvalue weighted by molar-refractivity contribution is 0.278. The molecule has 1 fully saturated rings.